The molecule has 0 atom stereocenters. The lowest BCUT2D eigenvalue weighted by Crippen LogP contribution is -1.84. The van der Waals surface area contributed by atoms with Gasteiger partial charge >= 0.3 is 0 Å². The number of allylic oxidation sites excluding steroid dienone is 5. The van der Waals surface area contributed by atoms with Gasteiger partial charge in [0, 0.05) is 12.4 Å². The first-order valence-corrected chi connectivity index (χ1v) is 3.90. The summed E-state index contributed by atoms with van der Waals surface area (Å²) in [4.78, 5) is 4.12. The number of rotatable bonds is 1. The molecule has 58 valence electrons. The van der Waals surface area contributed by atoms with E-state index in [2.05, 4.69) is 24.9 Å². The molecule has 0 aromatic carbocycles. The van der Waals surface area contributed by atoms with Crippen LogP contribution in [0.4, 0.5) is 0 Å². The Morgan fingerprint density at radius 2 is 2.18 bits per heavy atom. The highest BCUT2D eigenvalue weighted by atomic mass is 14.7. The summed E-state index contributed by atoms with van der Waals surface area (Å²) in [6.45, 7) is 4.25. The van der Waals surface area contributed by atoms with Gasteiger partial charge in [-0.05, 0) is 30.6 Å². The topological polar surface area (TPSA) is 12.4 Å². The van der Waals surface area contributed by atoms with Gasteiger partial charge in [0.25, 0.3) is 0 Å². The quantitative estimate of drug-likeness (QED) is 0.540. The SMILES string of the molecule is CCC1=CN=C/C=C\C=C1C. The van der Waals surface area contributed by atoms with Crippen molar-refractivity contribution in [3.05, 3.63) is 35.6 Å². The van der Waals surface area contributed by atoms with Crippen LogP contribution in [0, 0.1) is 0 Å². The molecule has 0 aromatic heterocycles. The molecule has 0 bridgehead atoms. The number of hydrogen-bond acceptors (Lipinski definition) is 1. The molecule has 1 nitrogen and oxygen atoms in total. The maximum atomic E-state index is 4.12. The predicted octanol–water partition coefficient (Wildman–Crippen LogP) is 2.87. The van der Waals surface area contributed by atoms with Crippen LogP contribution in [-0.4, -0.2) is 6.21 Å². The first kappa shape index (κ1) is 7.99. The minimum absolute atomic E-state index is 1.05. The molecular formula is C10H13N. The summed E-state index contributed by atoms with van der Waals surface area (Å²) in [7, 11) is 0. The summed E-state index contributed by atoms with van der Waals surface area (Å²) >= 11 is 0. The molecule has 0 fully saturated rings. The standard InChI is InChI=1S/C10H13N/c1-3-10-8-11-7-5-4-6-9(10)2/h4-8H,3H2,1-2H3/b5-4-,6-4?,7-5?,9-6?,10-8?,10-9?,11-7?,11-8?. The van der Waals surface area contributed by atoms with Gasteiger partial charge in [-0.1, -0.05) is 19.1 Å². The van der Waals surface area contributed by atoms with Gasteiger partial charge in [-0.15, -0.1) is 0 Å². The highest BCUT2D eigenvalue weighted by molar-refractivity contribution is 5.72. The van der Waals surface area contributed by atoms with Crippen LogP contribution in [0.3, 0.4) is 0 Å². The van der Waals surface area contributed by atoms with Gasteiger partial charge in [-0.3, -0.25) is 4.99 Å². The van der Waals surface area contributed by atoms with Gasteiger partial charge in [-0.2, -0.15) is 0 Å². The van der Waals surface area contributed by atoms with Crippen molar-refractivity contribution in [2.45, 2.75) is 20.3 Å². The molecule has 1 aliphatic rings. The van der Waals surface area contributed by atoms with Crippen LogP contribution in [0.15, 0.2) is 40.6 Å². The molecule has 0 N–H and O–H groups in total. The van der Waals surface area contributed by atoms with E-state index in [4.69, 9.17) is 0 Å². The lowest BCUT2D eigenvalue weighted by Gasteiger charge is -2.02. The fourth-order valence-electron chi connectivity index (χ4n) is 1.01. The van der Waals surface area contributed by atoms with Crippen LogP contribution in [-0.2, 0) is 0 Å². The minimum Gasteiger partial charge on any atom is -0.264 e. The summed E-state index contributed by atoms with van der Waals surface area (Å²) < 4.78 is 0. The second-order valence-corrected chi connectivity index (χ2v) is 2.54. The normalized spacial score (nSPS) is 19.8. The molecule has 11 heavy (non-hydrogen) atoms. The molecule has 1 rings (SSSR count). The Morgan fingerprint density at radius 3 is 2.91 bits per heavy atom. The first-order chi connectivity index (χ1) is 5.34. The lowest BCUT2D eigenvalue weighted by atomic mass is 10.1. The zero-order valence-corrected chi connectivity index (χ0v) is 7.04. The molecule has 1 heterocycles. The Labute approximate surface area is 67.8 Å². The molecule has 0 saturated carbocycles. The van der Waals surface area contributed by atoms with Crippen molar-refractivity contribution in [3.8, 4) is 0 Å². The largest absolute Gasteiger partial charge is 0.264 e. The van der Waals surface area contributed by atoms with Crippen molar-refractivity contribution in [2.75, 3.05) is 0 Å². The van der Waals surface area contributed by atoms with E-state index >= 15 is 0 Å². The molecule has 0 radical (unpaired) electrons. The fourth-order valence-corrected chi connectivity index (χ4v) is 1.01. The number of aliphatic imine (C=N–C) groups is 1. The highest BCUT2D eigenvalue weighted by Crippen LogP contribution is 2.13. The molecule has 0 saturated heterocycles. The van der Waals surface area contributed by atoms with Crippen molar-refractivity contribution in [3.63, 3.8) is 0 Å². The van der Waals surface area contributed by atoms with Crippen LogP contribution < -0.4 is 0 Å². The Hall–Kier alpha value is -1.11. The van der Waals surface area contributed by atoms with Crippen molar-refractivity contribution in [1.82, 2.24) is 0 Å². The molecule has 1 aliphatic heterocycles. The smallest absolute Gasteiger partial charge is 0.0302 e. The maximum absolute atomic E-state index is 4.12. The average molecular weight is 147 g/mol. The van der Waals surface area contributed by atoms with Crippen LogP contribution in [0.5, 0.6) is 0 Å². The van der Waals surface area contributed by atoms with Crippen molar-refractivity contribution >= 4 is 6.21 Å². The van der Waals surface area contributed by atoms with E-state index in [1.807, 2.05) is 18.4 Å². The van der Waals surface area contributed by atoms with Crippen LogP contribution in [0.2, 0.25) is 0 Å². The average Bonchev–Trinajstić information content (AvgIpc) is 1.98. The molecule has 0 amide bonds. The van der Waals surface area contributed by atoms with E-state index in [-0.39, 0.29) is 0 Å². The zero-order chi connectivity index (χ0) is 8.10. The van der Waals surface area contributed by atoms with E-state index in [9.17, 15) is 0 Å². The summed E-state index contributed by atoms with van der Waals surface area (Å²) in [5.41, 5.74) is 2.62. The molecule has 0 spiro atoms. The second kappa shape index (κ2) is 3.91. The van der Waals surface area contributed by atoms with Crippen LogP contribution >= 0.6 is 0 Å². The molecule has 1 heteroatoms. The third-order valence-corrected chi connectivity index (χ3v) is 1.75. The van der Waals surface area contributed by atoms with E-state index in [1.165, 1.54) is 11.1 Å². The predicted molar refractivity (Wildman–Crippen MR) is 49.8 cm³/mol. The van der Waals surface area contributed by atoms with Gasteiger partial charge in [0.15, 0.2) is 0 Å². The van der Waals surface area contributed by atoms with E-state index < -0.39 is 0 Å². The minimum atomic E-state index is 1.05. The molecular weight excluding hydrogens is 134 g/mol. The Bertz CT molecular complexity index is 242. The highest BCUT2D eigenvalue weighted by Gasteiger charge is 1.95. The van der Waals surface area contributed by atoms with Gasteiger partial charge in [0.2, 0.25) is 0 Å². The Kier molecular flexibility index (Phi) is 2.84. The van der Waals surface area contributed by atoms with Crippen molar-refractivity contribution in [1.29, 1.82) is 0 Å². The Morgan fingerprint density at radius 1 is 1.36 bits per heavy atom. The maximum Gasteiger partial charge on any atom is 0.0302 e. The first-order valence-electron chi connectivity index (χ1n) is 3.90. The van der Waals surface area contributed by atoms with E-state index in [1.54, 1.807) is 6.21 Å². The summed E-state index contributed by atoms with van der Waals surface area (Å²) in [6.07, 6.45) is 10.8. The van der Waals surface area contributed by atoms with Gasteiger partial charge in [0.05, 0.1) is 0 Å². The van der Waals surface area contributed by atoms with E-state index in [0.29, 0.717) is 0 Å². The van der Waals surface area contributed by atoms with E-state index in [0.717, 1.165) is 6.42 Å². The molecule has 0 aliphatic carbocycles. The Balaban J connectivity index is 2.89. The monoisotopic (exact) mass is 147 g/mol. The van der Waals surface area contributed by atoms with Crippen LogP contribution in [0.1, 0.15) is 20.3 Å². The van der Waals surface area contributed by atoms with Crippen molar-refractivity contribution < 1.29 is 0 Å². The summed E-state index contributed by atoms with van der Waals surface area (Å²) in [5, 5.41) is 0. The molecule has 0 aromatic rings. The summed E-state index contributed by atoms with van der Waals surface area (Å²) in [6, 6.07) is 0. The third-order valence-electron chi connectivity index (χ3n) is 1.75. The lowest BCUT2D eigenvalue weighted by molar-refractivity contribution is 1.09. The third kappa shape index (κ3) is 2.19. The number of nitrogens with zero attached hydrogens (tertiary/aromatic N) is 1. The van der Waals surface area contributed by atoms with Gasteiger partial charge in [0.1, 0.15) is 0 Å². The van der Waals surface area contributed by atoms with Gasteiger partial charge in [-0.25, -0.2) is 0 Å². The van der Waals surface area contributed by atoms with Gasteiger partial charge < -0.3 is 0 Å². The summed E-state index contributed by atoms with van der Waals surface area (Å²) in [5.74, 6) is 0. The number of hydrogen-bond donors (Lipinski definition) is 0. The fraction of sp³-hybridized carbons (Fsp3) is 0.300. The molecule has 0 unspecified atom stereocenters. The second-order valence-electron chi connectivity index (χ2n) is 2.54. The zero-order valence-electron chi connectivity index (χ0n) is 7.04. The van der Waals surface area contributed by atoms with Crippen LogP contribution in [0.25, 0.3) is 0 Å². The van der Waals surface area contributed by atoms with Crippen molar-refractivity contribution in [2.24, 2.45) is 4.99 Å².